The summed E-state index contributed by atoms with van der Waals surface area (Å²) in [7, 11) is -9.48. The molecule has 0 bridgehead atoms. The number of carbonyl (C=O) groups excluding carboxylic acids is 2. The summed E-state index contributed by atoms with van der Waals surface area (Å²) in [6.07, 6.45) is -0.280. The second-order valence-electron chi connectivity index (χ2n) is 18.5. The summed E-state index contributed by atoms with van der Waals surface area (Å²) in [4.78, 5) is 63.6. The summed E-state index contributed by atoms with van der Waals surface area (Å²) >= 11 is 6.32. The Morgan fingerprint density at radius 1 is 0.786 bits per heavy atom. The van der Waals surface area contributed by atoms with Crippen LogP contribution in [0.3, 0.4) is 0 Å². The van der Waals surface area contributed by atoms with Crippen LogP contribution in [-0.2, 0) is 79.0 Å². The van der Waals surface area contributed by atoms with E-state index in [-0.39, 0.29) is 82.4 Å². The number of amides is 1. The van der Waals surface area contributed by atoms with Crippen molar-refractivity contribution in [1.82, 2.24) is 34.7 Å². The smallest absolute Gasteiger partial charge is 0.340 e. The molecule has 5 aromatic rings. The summed E-state index contributed by atoms with van der Waals surface area (Å²) in [5.41, 5.74) is 1.35. The van der Waals surface area contributed by atoms with Gasteiger partial charge in [0.15, 0.2) is 29.4 Å². The van der Waals surface area contributed by atoms with Crippen molar-refractivity contribution in [1.29, 1.82) is 0 Å². The van der Waals surface area contributed by atoms with E-state index in [1.807, 2.05) is 4.90 Å². The van der Waals surface area contributed by atoms with Gasteiger partial charge in [-0.3, -0.25) is 18.7 Å². The second-order valence-corrected chi connectivity index (χ2v) is 22.8. The SMILES string of the molecule is O=C(CCOCCOCCOCCOCCn1cc(COCCOCCOCCOCCOc2ccccc2NC(=O)C2CN(c3nc(Cl)nc4c3cnn4[C@@H]3O[C@H](COP(=O)(O)CP(=O)(O)O)C[C@H]3O)C2)nn1)Oc1c(F)cc(F)cc1F. The number of rotatable bonds is 40. The van der Waals surface area contributed by atoms with Crippen molar-refractivity contribution < 1.29 is 108 Å². The number of hydrogen-bond donors (Lipinski definition) is 5. The Hall–Kier alpha value is -5.35. The zero-order chi connectivity index (χ0) is 59.9. The second kappa shape index (κ2) is 33.5. The van der Waals surface area contributed by atoms with Crippen LogP contribution in [0.4, 0.5) is 24.7 Å². The van der Waals surface area contributed by atoms with Crippen LogP contribution in [0.2, 0.25) is 5.28 Å². The molecule has 2 aliphatic rings. The summed E-state index contributed by atoms with van der Waals surface area (Å²) in [6.45, 7) is 5.44. The predicted molar refractivity (Wildman–Crippen MR) is 286 cm³/mol. The first-order valence-electron chi connectivity index (χ1n) is 26.3. The van der Waals surface area contributed by atoms with Gasteiger partial charge < -0.3 is 86.6 Å². The summed E-state index contributed by atoms with van der Waals surface area (Å²) in [5.74, 6) is -6.83. The van der Waals surface area contributed by atoms with Gasteiger partial charge in [-0.05, 0) is 23.7 Å². The minimum Gasteiger partial charge on any atom is -0.489 e. The van der Waals surface area contributed by atoms with Crippen LogP contribution in [0.25, 0.3) is 11.0 Å². The molecule has 5 N–H and O–H groups in total. The maximum atomic E-state index is 13.6. The van der Waals surface area contributed by atoms with Gasteiger partial charge in [0.1, 0.15) is 35.8 Å². The van der Waals surface area contributed by atoms with Gasteiger partial charge in [-0.2, -0.15) is 15.1 Å². The Balaban J connectivity index is 0.648. The van der Waals surface area contributed by atoms with Crippen LogP contribution in [0.5, 0.6) is 11.5 Å². The number of nitrogens with one attached hydrogen (secondary N) is 1. The Morgan fingerprint density at radius 3 is 2.02 bits per heavy atom. The minimum absolute atomic E-state index is 0.0479. The lowest BCUT2D eigenvalue weighted by Gasteiger charge is -2.39. The minimum atomic E-state index is -4.83. The van der Waals surface area contributed by atoms with E-state index in [2.05, 4.69) is 35.4 Å². The molecule has 3 aromatic heterocycles. The van der Waals surface area contributed by atoms with Gasteiger partial charge in [-0.1, -0.05) is 17.3 Å². The van der Waals surface area contributed by atoms with Gasteiger partial charge in [-0.25, -0.2) is 22.5 Å². The standard InChI is InChI=1S/C49H65ClF3N9O20P2/c50-49-56-45(37-26-54-62(46(37)57-49)48-41(63)25-36(81-48)31-80-84(69,70)32-83(66,67)68)60-27-33(28-60)47(65)55-40-3-1-2-4-42(40)79-22-21-77-18-17-75-15-16-76-19-20-78-30-35-29-61(59-58-35)6-8-72-10-12-74-14-13-73-11-9-71-7-5-43(64)82-44-38(52)23-34(51)24-39(44)53/h1-4,23-24,26,29,33,36,41,48,63H,5-22,25,27-28,30-32H2,(H,55,65)(H,69,70)(H2,66,67,68)/t36-,41+,48+/m0/s1. The molecule has 35 heteroatoms. The van der Waals surface area contributed by atoms with Crippen LogP contribution in [-0.4, -0.2) is 210 Å². The van der Waals surface area contributed by atoms with Crippen molar-refractivity contribution in [2.24, 2.45) is 5.92 Å². The summed E-state index contributed by atoms with van der Waals surface area (Å²) in [5, 5.41) is 26.6. The molecule has 2 aromatic carbocycles. The number of nitrogens with zero attached hydrogens (tertiary/aromatic N) is 8. The van der Waals surface area contributed by atoms with Gasteiger partial charge in [0.2, 0.25) is 16.9 Å². The first kappa shape index (κ1) is 66.2. The van der Waals surface area contributed by atoms with E-state index < -0.39 is 81.2 Å². The van der Waals surface area contributed by atoms with Crippen molar-refractivity contribution >= 4 is 61.2 Å². The molecule has 0 saturated carbocycles. The van der Waals surface area contributed by atoms with E-state index >= 15 is 0 Å². The highest BCUT2D eigenvalue weighted by Gasteiger charge is 2.41. The number of carbonyl (C=O) groups is 2. The number of ether oxygens (including phenoxy) is 11. The van der Waals surface area contributed by atoms with E-state index in [4.69, 9.17) is 73.3 Å². The highest BCUT2D eigenvalue weighted by Crippen LogP contribution is 2.55. The quantitative estimate of drug-likeness (QED) is 0.0124. The van der Waals surface area contributed by atoms with E-state index in [0.717, 1.165) is 0 Å². The lowest BCUT2D eigenvalue weighted by atomic mass is 9.98. The molecule has 0 aliphatic carbocycles. The molecule has 464 valence electrons. The lowest BCUT2D eigenvalue weighted by Crippen LogP contribution is -2.52. The average Bonchev–Trinajstić information content (AvgIpc) is 2.17. The van der Waals surface area contributed by atoms with Crippen LogP contribution < -0.4 is 19.7 Å². The topological polar surface area (TPSA) is 350 Å². The van der Waals surface area contributed by atoms with Crippen molar-refractivity contribution in [2.75, 3.05) is 142 Å². The fourth-order valence-corrected chi connectivity index (χ4v) is 10.8. The highest BCUT2D eigenvalue weighted by molar-refractivity contribution is 7.70. The third kappa shape index (κ3) is 21.9. The average molecular weight is 1250 g/mol. The molecule has 2 saturated heterocycles. The van der Waals surface area contributed by atoms with Crippen LogP contribution >= 0.6 is 26.8 Å². The molecular formula is C49H65ClF3N9O20P2. The van der Waals surface area contributed by atoms with Crippen LogP contribution in [0.1, 0.15) is 24.8 Å². The zero-order valence-corrected chi connectivity index (χ0v) is 47.7. The number of anilines is 2. The van der Waals surface area contributed by atoms with Crippen LogP contribution in [0, 0.1) is 23.4 Å². The third-order valence-corrected chi connectivity index (χ3v) is 15.6. The Morgan fingerprint density at radius 2 is 1.38 bits per heavy atom. The fourth-order valence-electron chi connectivity index (χ4n) is 8.02. The molecule has 0 radical (unpaired) electrons. The molecule has 5 heterocycles. The van der Waals surface area contributed by atoms with Gasteiger partial charge in [-0.15, -0.1) is 5.10 Å². The number of para-hydroxylation sites is 2. The fraction of sp³-hybridized carbons (Fsp3) is 0.571. The maximum Gasteiger partial charge on any atom is 0.340 e. The van der Waals surface area contributed by atoms with Gasteiger partial charge in [0.25, 0.3) is 0 Å². The summed E-state index contributed by atoms with van der Waals surface area (Å²) < 4.78 is 132. The van der Waals surface area contributed by atoms with Crippen molar-refractivity contribution in [3.8, 4) is 11.5 Å². The molecule has 1 unspecified atom stereocenters. The number of aromatic nitrogens is 7. The van der Waals surface area contributed by atoms with E-state index in [0.29, 0.717) is 120 Å². The number of hydrogen-bond acceptors (Lipinski definition) is 23. The Labute approximate surface area is 483 Å². The van der Waals surface area contributed by atoms with Gasteiger partial charge in [0, 0.05) is 31.6 Å². The largest absolute Gasteiger partial charge is 0.489 e. The molecule has 2 aliphatic heterocycles. The van der Waals surface area contributed by atoms with Gasteiger partial charge in [0.05, 0.1) is 161 Å². The normalized spacial score (nSPS) is 17.2. The molecule has 29 nitrogen and oxygen atoms in total. The number of halogens is 4. The third-order valence-electron chi connectivity index (χ3n) is 12.0. The Bertz CT molecular complexity index is 2960. The van der Waals surface area contributed by atoms with Crippen molar-refractivity contribution in [3.63, 3.8) is 0 Å². The Kier molecular flexibility index (Phi) is 26.4. The highest BCUT2D eigenvalue weighted by atomic mass is 35.5. The van der Waals surface area contributed by atoms with Crippen molar-refractivity contribution in [2.45, 2.75) is 44.4 Å². The maximum absolute atomic E-state index is 13.6. The monoisotopic (exact) mass is 1250 g/mol. The first-order valence-corrected chi connectivity index (χ1v) is 30.2. The summed E-state index contributed by atoms with van der Waals surface area (Å²) in [6, 6.07) is 7.84. The van der Waals surface area contributed by atoms with E-state index in [1.54, 1.807) is 35.1 Å². The number of aliphatic hydroxyl groups is 1. The van der Waals surface area contributed by atoms with E-state index in [9.17, 15) is 41.9 Å². The lowest BCUT2D eigenvalue weighted by molar-refractivity contribution is -0.136. The molecule has 0 spiro atoms. The number of aliphatic hydroxyl groups excluding tert-OH is 1. The molecule has 84 heavy (non-hydrogen) atoms. The number of fused-ring (bicyclic) bond motifs is 1. The van der Waals surface area contributed by atoms with E-state index in [1.165, 1.54) is 10.9 Å². The molecular weight excluding hydrogens is 1190 g/mol. The molecule has 7 rings (SSSR count). The molecule has 2 fully saturated rings. The van der Waals surface area contributed by atoms with Crippen molar-refractivity contribution in [3.05, 3.63) is 77.2 Å². The molecule has 1 amide bonds. The predicted octanol–water partition coefficient (Wildman–Crippen LogP) is 3.26. The number of benzene rings is 2. The van der Waals surface area contributed by atoms with Gasteiger partial charge >= 0.3 is 21.2 Å². The first-order chi connectivity index (χ1) is 40.4. The molecule has 4 atom stereocenters. The number of esters is 1. The zero-order valence-electron chi connectivity index (χ0n) is 45.2. The van der Waals surface area contributed by atoms with Crippen LogP contribution in [0.15, 0.2) is 48.8 Å².